The molecule has 0 amide bonds. The van der Waals surface area contributed by atoms with Gasteiger partial charge in [-0.2, -0.15) is 0 Å². The lowest BCUT2D eigenvalue weighted by Crippen LogP contribution is -2.23. The molecular formula is C14H16FN3O. The van der Waals surface area contributed by atoms with E-state index in [0.717, 1.165) is 36.6 Å². The fourth-order valence-corrected chi connectivity index (χ4v) is 2.57. The maximum atomic E-state index is 13.2. The summed E-state index contributed by atoms with van der Waals surface area (Å²) in [4.78, 5) is 0. The Morgan fingerprint density at radius 2 is 2.26 bits per heavy atom. The lowest BCUT2D eigenvalue weighted by atomic mass is 9.99. The van der Waals surface area contributed by atoms with Crippen molar-refractivity contribution in [3.8, 4) is 0 Å². The molecular weight excluding hydrogens is 245 g/mol. The van der Waals surface area contributed by atoms with E-state index < -0.39 is 0 Å². The van der Waals surface area contributed by atoms with E-state index in [0.29, 0.717) is 12.3 Å². The SMILES string of the molecule is OCC1CCn2c(Cc3cccc(F)c3)nnc2C1. The van der Waals surface area contributed by atoms with Crippen LogP contribution in [-0.2, 0) is 19.4 Å². The minimum Gasteiger partial charge on any atom is -0.396 e. The molecule has 0 radical (unpaired) electrons. The summed E-state index contributed by atoms with van der Waals surface area (Å²) in [6.45, 7) is 1.03. The summed E-state index contributed by atoms with van der Waals surface area (Å²) in [6.07, 6.45) is 2.30. The Bertz CT molecular complexity index is 582. The van der Waals surface area contributed by atoms with E-state index in [-0.39, 0.29) is 12.4 Å². The highest BCUT2D eigenvalue weighted by Crippen LogP contribution is 2.21. The first-order valence-corrected chi connectivity index (χ1v) is 6.52. The third-order valence-corrected chi connectivity index (χ3v) is 3.65. The molecule has 100 valence electrons. The molecule has 0 saturated heterocycles. The van der Waals surface area contributed by atoms with Gasteiger partial charge in [-0.1, -0.05) is 12.1 Å². The Morgan fingerprint density at radius 3 is 3.05 bits per heavy atom. The third kappa shape index (κ3) is 2.51. The molecule has 4 nitrogen and oxygen atoms in total. The molecule has 0 bridgehead atoms. The Labute approximate surface area is 110 Å². The van der Waals surface area contributed by atoms with Crippen molar-refractivity contribution in [1.82, 2.24) is 14.8 Å². The molecule has 1 aliphatic heterocycles. The highest BCUT2D eigenvalue weighted by Gasteiger charge is 2.22. The Kier molecular flexibility index (Phi) is 3.29. The fraction of sp³-hybridized carbons (Fsp3) is 0.429. The number of fused-ring (bicyclic) bond motifs is 1. The van der Waals surface area contributed by atoms with Crippen molar-refractivity contribution in [1.29, 1.82) is 0 Å². The van der Waals surface area contributed by atoms with Crippen molar-refractivity contribution in [2.75, 3.05) is 6.61 Å². The molecule has 2 aromatic rings. The molecule has 1 aliphatic rings. The van der Waals surface area contributed by atoms with Gasteiger partial charge in [-0.3, -0.25) is 0 Å². The van der Waals surface area contributed by atoms with E-state index in [1.54, 1.807) is 6.07 Å². The topological polar surface area (TPSA) is 50.9 Å². The van der Waals surface area contributed by atoms with Crippen LogP contribution in [0.15, 0.2) is 24.3 Å². The van der Waals surface area contributed by atoms with Crippen LogP contribution < -0.4 is 0 Å². The maximum Gasteiger partial charge on any atom is 0.137 e. The van der Waals surface area contributed by atoms with Gasteiger partial charge >= 0.3 is 0 Å². The van der Waals surface area contributed by atoms with E-state index in [4.69, 9.17) is 0 Å². The van der Waals surface area contributed by atoms with Crippen LogP contribution in [0.5, 0.6) is 0 Å². The normalized spacial score (nSPS) is 18.3. The summed E-state index contributed by atoms with van der Waals surface area (Å²) in [5.74, 6) is 1.86. The highest BCUT2D eigenvalue weighted by atomic mass is 19.1. The van der Waals surface area contributed by atoms with Gasteiger partial charge in [0.05, 0.1) is 0 Å². The minimum atomic E-state index is -0.226. The number of halogens is 1. The first-order valence-electron chi connectivity index (χ1n) is 6.52. The van der Waals surface area contributed by atoms with Crippen LogP contribution in [0.25, 0.3) is 0 Å². The standard InChI is InChI=1S/C14H16FN3O/c15-12-3-1-2-10(6-12)7-13-16-17-14-8-11(9-19)4-5-18(13)14/h1-3,6,11,19H,4-5,7-9H2. The van der Waals surface area contributed by atoms with E-state index in [1.165, 1.54) is 12.1 Å². The monoisotopic (exact) mass is 261 g/mol. The molecule has 1 aromatic carbocycles. The van der Waals surface area contributed by atoms with Gasteiger partial charge in [0, 0.05) is 26.0 Å². The predicted molar refractivity (Wildman–Crippen MR) is 68.1 cm³/mol. The zero-order valence-electron chi connectivity index (χ0n) is 10.6. The van der Waals surface area contributed by atoms with Gasteiger partial charge in [-0.25, -0.2) is 4.39 Å². The largest absolute Gasteiger partial charge is 0.396 e. The zero-order valence-corrected chi connectivity index (χ0v) is 10.6. The van der Waals surface area contributed by atoms with Crippen LogP contribution in [0, 0.1) is 11.7 Å². The molecule has 0 fully saturated rings. The zero-order chi connectivity index (χ0) is 13.2. The summed E-state index contributed by atoms with van der Waals surface area (Å²) in [6, 6.07) is 6.57. The van der Waals surface area contributed by atoms with Crippen molar-refractivity contribution in [3.05, 3.63) is 47.3 Å². The summed E-state index contributed by atoms with van der Waals surface area (Å²) in [7, 11) is 0. The lowest BCUT2D eigenvalue weighted by Gasteiger charge is -2.21. The molecule has 3 rings (SSSR count). The molecule has 0 aliphatic carbocycles. The fourth-order valence-electron chi connectivity index (χ4n) is 2.57. The van der Waals surface area contributed by atoms with Gasteiger partial charge in [-0.15, -0.1) is 10.2 Å². The first kappa shape index (κ1) is 12.3. The number of aliphatic hydroxyl groups excluding tert-OH is 1. The van der Waals surface area contributed by atoms with Gasteiger partial charge in [0.2, 0.25) is 0 Å². The number of nitrogens with zero attached hydrogens (tertiary/aromatic N) is 3. The van der Waals surface area contributed by atoms with E-state index in [1.807, 2.05) is 6.07 Å². The van der Waals surface area contributed by atoms with Crippen molar-refractivity contribution < 1.29 is 9.50 Å². The van der Waals surface area contributed by atoms with Crippen LogP contribution in [0.4, 0.5) is 4.39 Å². The second-order valence-electron chi connectivity index (χ2n) is 5.03. The van der Waals surface area contributed by atoms with Gasteiger partial charge < -0.3 is 9.67 Å². The molecule has 1 unspecified atom stereocenters. The maximum absolute atomic E-state index is 13.2. The van der Waals surface area contributed by atoms with Gasteiger partial charge in [0.1, 0.15) is 17.5 Å². The van der Waals surface area contributed by atoms with Crippen LogP contribution in [0.3, 0.4) is 0 Å². The average Bonchev–Trinajstić information content (AvgIpc) is 2.81. The van der Waals surface area contributed by atoms with Crippen molar-refractivity contribution >= 4 is 0 Å². The minimum absolute atomic E-state index is 0.200. The Morgan fingerprint density at radius 1 is 1.37 bits per heavy atom. The van der Waals surface area contributed by atoms with E-state index in [9.17, 15) is 9.50 Å². The average molecular weight is 261 g/mol. The summed E-state index contributed by atoms with van der Waals surface area (Å²) >= 11 is 0. The van der Waals surface area contributed by atoms with Crippen molar-refractivity contribution in [2.45, 2.75) is 25.8 Å². The number of rotatable bonds is 3. The number of benzene rings is 1. The number of hydrogen-bond donors (Lipinski definition) is 1. The van der Waals surface area contributed by atoms with E-state index in [2.05, 4.69) is 14.8 Å². The highest BCUT2D eigenvalue weighted by molar-refractivity contribution is 5.20. The molecule has 0 saturated carbocycles. The predicted octanol–water partition coefficient (Wildman–Crippen LogP) is 1.56. The van der Waals surface area contributed by atoms with Crippen LogP contribution in [-0.4, -0.2) is 26.5 Å². The van der Waals surface area contributed by atoms with Crippen LogP contribution in [0.2, 0.25) is 0 Å². The summed E-state index contributed by atoms with van der Waals surface area (Å²) in [5.41, 5.74) is 0.902. The quantitative estimate of drug-likeness (QED) is 0.912. The number of aromatic nitrogens is 3. The smallest absolute Gasteiger partial charge is 0.137 e. The second-order valence-corrected chi connectivity index (χ2v) is 5.03. The number of hydrogen-bond acceptors (Lipinski definition) is 3. The van der Waals surface area contributed by atoms with Gasteiger partial charge in [0.15, 0.2) is 0 Å². The third-order valence-electron chi connectivity index (χ3n) is 3.65. The molecule has 1 atom stereocenters. The van der Waals surface area contributed by atoms with Crippen LogP contribution >= 0.6 is 0 Å². The molecule has 19 heavy (non-hydrogen) atoms. The molecule has 1 N–H and O–H groups in total. The molecule has 1 aromatic heterocycles. The van der Waals surface area contributed by atoms with Crippen LogP contribution in [0.1, 0.15) is 23.6 Å². The van der Waals surface area contributed by atoms with Crippen molar-refractivity contribution in [2.24, 2.45) is 5.92 Å². The van der Waals surface area contributed by atoms with E-state index >= 15 is 0 Å². The number of aliphatic hydroxyl groups is 1. The Hall–Kier alpha value is -1.75. The molecule has 5 heteroatoms. The first-order chi connectivity index (χ1) is 9.26. The Balaban J connectivity index is 1.82. The molecule has 0 spiro atoms. The molecule has 2 heterocycles. The lowest BCUT2D eigenvalue weighted by molar-refractivity contribution is 0.198. The summed E-state index contributed by atoms with van der Waals surface area (Å²) in [5, 5.41) is 17.6. The summed E-state index contributed by atoms with van der Waals surface area (Å²) < 4.78 is 15.3. The van der Waals surface area contributed by atoms with Gasteiger partial charge in [0.25, 0.3) is 0 Å². The van der Waals surface area contributed by atoms with Gasteiger partial charge in [-0.05, 0) is 30.0 Å². The second kappa shape index (κ2) is 5.09. The van der Waals surface area contributed by atoms with Crippen molar-refractivity contribution in [3.63, 3.8) is 0 Å².